The molecule has 0 unspecified atom stereocenters. The molecule has 0 atom stereocenters. The van der Waals surface area contributed by atoms with Crippen molar-refractivity contribution in [1.29, 1.82) is 0 Å². The maximum atomic E-state index is 15.6. The molecule has 0 bridgehead atoms. The Balaban J connectivity index is 1.58. The number of fused-ring (bicyclic) bond motifs is 1. The van der Waals surface area contributed by atoms with Crippen LogP contribution in [0.3, 0.4) is 0 Å². The van der Waals surface area contributed by atoms with E-state index in [9.17, 15) is 4.79 Å². The second-order valence-electron chi connectivity index (χ2n) is 9.70. The Hall–Kier alpha value is -3.88. The minimum atomic E-state index is -0.601. The van der Waals surface area contributed by atoms with Crippen LogP contribution in [-0.2, 0) is 24.5 Å². The van der Waals surface area contributed by atoms with E-state index in [0.717, 1.165) is 26.8 Å². The molecular formula is C30H29ClFN5O2. The summed E-state index contributed by atoms with van der Waals surface area (Å²) in [6, 6.07) is 16.6. The van der Waals surface area contributed by atoms with Gasteiger partial charge in [0.25, 0.3) is 0 Å². The van der Waals surface area contributed by atoms with Gasteiger partial charge in [-0.2, -0.15) is 4.68 Å². The highest BCUT2D eigenvalue weighted by atomic mass is 35.5. The highest BCUT2D eigenvalue weighted by Crippen LogP contribution is 2.35. The van der Waals surface area contributed by atoms with Crippen LogP contribution in [0.25, 0.3) is 27.8 Å². The molecule has 7 nitrogen and oxygen atoms in total. The van der Waals surface area contributed by atoms with Gasteiger partial charge >= 0.3 is 5.69 Å². The summed E-state index contributed by atoms with van der Waals surface area (Å²) in [6.45, 7) is 8.77. The SMILES string of the molecule is CCn1c(COCc2ccccc2)nn(-c2cc3c(C(C)C)cc(-c4c(C)ccnc4Cl)nc3cc2F)c1=O. The van der Waals surface area contributed by atoms with Crippen LogP contribution in [0.15, 0.2) is 65.6 Å². The van der Waals surface area contributed by atoms with Crippen molar-refractivity contribution >= 4 is 22.5 Å². The van der Waals surface area contributed by atoms with E-state index in [0.29, 0.717) is 40.9 Å². The summed E-state index contributed by atoms with van der Waals surface area (Å²) >= 11 is 6.42. The van der Waals surface area contributed by atoms with E-state index in [1.165, 1.54) is 10.6 Å². The third-order valence-corrected chi connectivity index (χ3v) is 7.01. The summed E-state index contributed by atoms with van der Waals surface area (Å²) in [4.78, 5) is 22.2. The van der Waals surface area contributed by atoms with Gasteiger partial charge in [0.05, 0.1) is 17.8 Å². The number of hydrogen-bond acceptors (Lipinski definition) is 5. The lowest BCUT2D eigenvalue weighted by atomic mass is 9.95. The van der Waals surface area contributed by atoms with E-state index in [1.54, 1.807) is 12.3 Å². The van der Waals surface area contributed by atoms with Crippen LogP contribution in [0.4, 0.5) is 4.39 Å². The fourth-order valence-corrected chi connectivity index (χ4v) is 5.02. The number of halogens is 2. The van der Waals surface area contributed by atoms with E-state index in [2.05, 4.69) is 23.9 Å². The molecule has 0 aliphatic rings. The highest BCUT2D eigenvalue weighted by molar-refractivity contribution is 6.32. The lowest BCUT2D eigenvalue weighted by Crippen LogP contribution is -2.24. The van der Waals surface area contributed by atoms with Gasteiger partial charge in [-0.05, 0) is 54.7 Å². The molecule has 39 heavy (non-hydrogen) atoms. The third-order valence-electron chi connectivity index (χ3n) is 6.73. The van der Waals surface area contributed by atoms with E-state index >= 15 is 4.39 Å². The van der Waals surface area contributed by atoms with Gasteiger partial charge < -0.3 is 4.74 Å². The van der Waals surface area contributed by atoms with Crippen molar-refractivity contribution in [3.63, 3.8) is 0 Å². The van der Waals surface area contributed by atoms with Crippen LogP contribution in [0.2, 0.25) is 5.15 Å². The molecule has 2 aromatic carbocycles. The molecule has 5 rings (SSSR count). The Morgan fingerprint density at radius 1 is 1.08 bits per heavy atom. The summed E-state index contributed by atoms with van der Waals surface area (Å²) in [5, 5.41) is 5.55. The molecular weight excluding hydrogens is 517 g/mol. The number of nitrogens with zero attached hydrogens (tertiary/aromatic N) is 5. The fourth-order valence-electron chi connectivity index (χ4n) is 4.72. The minimum Gasteiger partial charge on any atom is -0.369 e. The number of pyridine rings is 2. The second-order valence-corrected chi connectivity index (χ2v) is 10.1. The van der Waals surface area contributed by atoms with Gasteiger partial charge in [0, 0.05) is 29.8 Å². The normalized spacial score (nSPS) is 11.6. The van der Waals surface area contributed by atoms with Crippen LogP contribution in [0.1, 0.15) is 49.2 Å². The van der Waals surface area contributed by atoms with Gasteiger partial charge in [-0.25, -0.2) is 19.2 Å². The average molecular weight is 546 g/mol. The molecule has 0 saturated carbocycles. The first-order valence-corrected chi connectivity index (χ1v) is 13.2. The summed E-state index contributed by atoms with van der Waals surface area (Å²) < 4.78 is 24.0. The molecule has 0 aliphatic carbocycles. The summed E-state index contributed by atoms with van der Waals surface area (Å²) in [6.07, 6.45) is 1.64. The first kappa shape index (κ1) is 26.7. The molecule has 5 aromatic rings. The number of ether oxygens (including phenoxy) is 1. The molecule has 0 amide bonds. The number of rotatable bonds is 8. The minimum absolute atomic E-state index is 0.0658. The average Bonchev–Trinajstić information content (AvgIpc) is 3.22. The Morgan fingerprint density at radius 2 is 1.85 bits per heavy atom. The standard InChI is InChI=1S/C30H29ClFN5O2/c1-5-36-27(17-39-16-20-9-7-6-8-10-20)35-37(30(36)38)26-14-22-21(18(2)3)13-25(34-24(22)15-23(26)32)28-19(4)11-12-33-29(28)31/h6-15,18H,5,16-17H2,1-4H3. The highest BCUT2D eigenvalue weighted by Gasteiger charge is 2.21. The van der Waals surface area contributed by atoms with Crippen molar-refractivity contribution in [2.75, 3.05) is 0 Å². The summed E-state index contributed by atoms with van der Waals surface area (Å²) in [5.41, 5.74) is 4.32. The first-order valence-electron chi connectivity index (χ1n) is 12.8. The van der Waals surface area contributed by atoms with E-state index in [1.807, 2.05) is 56.3 Å². The van der Waals surface area contributed by atoms with Crippen molar-refractivity contribution in [3.8, 4) is 16.9 Å². The Kier molecular flexibility index (Phi) is 7.59. The molecule has 200 valence electrons. The van der Waals surface area contributed by atoms with Crippen molar-refractivity contribution in [2.24, 2.45) is 0 Å². The van der Waals surface area contributed by atoms with Crippen LogP contribution < -0.4 is 5.69 Å². The van der Waals surface area contributed by atoms with E-state index in [-0.39, 0.29) is 18.2 Å². The van der Waals surface area contributed by atoms with Crippen molar-refractivity contribution < 1.29 is 9.13 Å². The van der Waals surface area contributed by atoms with Crippen molar-refractivity contribution in [3.05, 3.63) is 105 Å². The number of aromatic nitrogens is 5. The molecule has 0 radical (unpaired) electrons. The van der Waals surface area contributed by atoms with Crippen LogP contribution in [-0.4, -0.2) is 24.3 Å². The predicted molar refractivity (Wildman–Crippen MR) is 151 cm³/mol. The summed E-state index contributed by atoms with van der Waals surface area (Å²) in [7, 11) is 0. The molecule has 0 aliphatic heterocycles. The van der Waals surface area contributed by atoms with Gasteiger partial charge in [-0.15, -0.1) is 5.10 Å². The lowest BCUT2D eigenvalue weighted by Gasteiger charge is -2.15. The van der Waals surface area contributed by atoms with E-state index < -0.39 is 11.5 Å². The predicted octanol–water partition coefficient (Wildman–Crippen LogP) is 6.61. The number of aryl methyl sites for hydroxylation is 1. The first-order chi connectivity index (χ1) is 18.8. The second kappa shape index (κ2) is 11.1. The fraction of sp³-hybridized carbons (Fsp3) is 0.267. The zero-order chi connectivity index (χ0) is 27.7. The third kappa shape index (κ3) is 5.22. The van der Waals surface area contributed by atoms with Gasteiger partial charge in [0.2, 0.25) is 0 Å². The monoisotopic (exact) mass is 545 g/mol. The zero-order valence-corrected chi connectivity index (χ0v) is 23.0. The quantitative estimate of drug-likeness (QED) is 0.205. The molecule has 0 fully saturated rings. The smallest absolute Gasteiger partial charge is 0.350 e. The zero-order valence-electron chi connectivity index (χ0n) is 22.3. The maximum absolute atomic E-state index is 15.6. The van der Waals surface area contributed by atoms with Crippen LogP contribution in [0.5, 0.6) is 0 Å². The maximum Gasteiger partial charge on any atom is 0.350 e. The molecule has 3 heterocycles. The van der Waals surface area contributed by atoms with Gasteiger partial charge in [0.1, 0.15) is 17.4 Å². The summed E-state index contributed by atoms with van der Waals surface area (Å²) in [5.74, 6) is -0.0807. The number of benzene rings is 2. The molecule has 0 saturated heterocycles. The van der Waals surface area contributed by atoms with Crippen molar-refractivity contribution in [1.82, 2.24) is 24.3 Å². The lowest BCUT2D eigenvalue weighted by molar-refractivity contribution is 0.0989. The van der Waals surface area contributed by atoms with Gasteiger partial charge in [-0.3, -0.25) is 4.57 Å². The molecule has 3 aromatic heterocycles. The Morgan fingerprint density at radius 3 is 2.54 bits per heavy atom. The largest absolute Gasteiger partial charge is 0.369 e. The number of hydrogen-bond donors (Lipinski definition) is 0. The van der Waals surface area contributed by atoms with Crippen LogP contribution >= 0.6 is 11.6 Å². The Labute approximate surface area is 230 Å². The van der Waals surface area contributed by atoms with E-state index in [4.69, 9.17) is 21.3 Å². The molecule has 0 N–H and O–H groups in total. The molecule has 9 heteroatoms. The van der Waals surface area contributed by atoms with Gasteiger partial charge in [-0.1, -0.05) is 55.8 Å². The van der Waals surface area contributed by atoms with Gasteiger partial charge in [0.15, 0.2) is 11.6 Å². The Bertz CT molecular complexity index is 1690. The van der Waals surface area contributed by atoms with Crippen molar-refractivity contribution in [2.45, 2.75) is 53.4 Å². The van der Waals surface area contributed by atoms with Crippen LogP contribution in [0, 0.1) is 12.7 Å². The topological polar surface area (TPSA) is 74.8 Å². The molecule has 0 spiro atoms.